The Kier molecular flexibility index (Phi) is 5.00. The molecular weight excluding hydrogens is 319 g/mol. The van der Waals surface area contributed by atoms with Gasteiger partial charge in [-0.3, -0.25) is 9.52 Å². The molecule has 23 heavy (non-hydrogen) atoms. The van der Waals surface area contributed by atoms with Gasteiger partial charge in [0.15, 0.2) is 0 Å². The van der Waals surface area contributed by atoms with Crippen LogP contribution >= 0.6 is 0 Å². The lowest BCUT2D eigenvalue weighted by molar-refractivity contribution is 0.0944. The predicted molar refractivity (Wildman–Crippen MR) is 86.3 cm³/mol. The van der Waals surface area contributed by atoms with E-state index in [1.165, 1.54) is 12.1 Å². The average Bonchev–Trinajstić information content (AvgIpc) is 2.47. The Morgan fingerprint density at radius 1 is 1.04 bits per heavy atom. The van der Waals surface area contributed by atoms with E-state index < -0.39 is 15.8 Å². The lowest BCUT2D eigenvalue weighted by Gasteiger charge is -2.14. The lowest BCUT2D eigenvalue weighted by atomic mass is 10.1. The van der Waals surface area contributed by atoms with Gasteiger partial charge in [-0.25, -0.2) is 12.8 Å². The van der Waals surface area contributed by atoms with Crippen LogP contribution in [-0.4, -0.2) is 20.4 Å². The van der Waals surface area contributed by atoms with E-state index >= 15 is 0 Å². The molecule has 0 aliphatic rings. The third-order valence-corrected chi connectivity index (χ3v) is 4.34. The van der Waals surface area contributed by atoms with Crippen molar-refractivity contribution in [2.75, 3.05) is 4.72 Å². The van der Waals surface area contributed by atoms with Crippen molar-refractivity contribution in [3.63, 3.8) is 0 Å². The van der Waals surface area contributed by atoms with Crippen LogP contribution in [0.1, 0.15) is 24.2 Å². The van der Waals surface area contributed by atoms with Gasteiger partial charge in [0.2, 0.25) is 0 Å². The molecule has 2 aromatic carbocycles. The van der Waals surface area contributed by atoms with Crippen LogP contribution in [0.25, 0.3) is 0 Å². The number of rotatable bonds is 5. The maximum absolute atomic E-state index is 12.9. The Labute approximate surface area is 134 Å². The summed E-state index contributed by atoms with van der Waals surface area (Å²) in [7, 11) is -3.91. The molecule has 0 aliphatic carbocycles. The molecule has 7 heteroatoms. The van der Waals surface area contributed by atoms with Crippen LogP contribution in [0.15, 0.2) is 53.4 Å². The molecule has 0 aromatic heterocycles. The molecule has 2 rings (SSSR count). The summed E-state index contributed by atoms with van der Waals surface area (Å²) in [4.78, 5) is 12.1. The molecule has 0 atom stereocenters. The van der Waals surface area contributed by atoms with E-state index in [2.05, 4.69) is 10.0 Å². The number of carbonyl (C=O) groups excluding carboxylic acids is 1. The molecular formula is C16H17FN2O3S. The summed E-state index contributed by atoms with van der Waals surface area (Å²) in [6.45, 7) is 3.62. The number of halogens is 1. The Bertz CT molecular complexity index is 802. The van der Waals surface area contributed by atoms with Gasteiger partial charge in [-0.1, -0.05) is 12.1 Å². The molecule has 0 radical (unpaired) electrons. The van der Waals surface area contributed by atoms with Crippen molar-refractivity contribution < 1.29 is 17.6 Å². The number of hydrogen-bond donors (Lipinski definition) is 2. The smallest absolute Gasteiger partial charge is 0.261 e. The minimum Gasteiger partial charge on any atom is -0.350 e. The van der Waals surface area contributed by atoms with Gasteiger partial charge in [-0.05, 0) is 50.2 Å². The van der Waals surface area contributed by atoms with Crippen LogP contribution in [0.3, 0.4) is 0 Å². The molecule has 0 heterocycles. The second-order valence-corrected chi connectivity index (χ2v) is 6.92. The van der Waals surface area contributed by atoms with Crippen LogP contribution in [-0.2, 0) is 10.0 Å². The van der Waals surface area contributed by atoms with Gasteiger partial charge in [-0.15, -0.1) is 0 Å². The lowest BCUT2D eigenvalue weighted by Crippen LogP contribution is -2.31. The molecule has 1 amide bonds. The highest BCUT2D eigenvalue weighted by atomic mass is 32.2. The molecule has 122 valence electrons. The monoisotopic (exact) mass is 336 g/mol. The van der Waals surface area contributed by atoms with Gasteiger partial charge in [0.05, 0.1) is 16.1 Å². The number of anilines is 1. The third-order valence-electron chi connectivity index (χ3n) is 2.96. The number of carbonyl (C=O) groups is 1. The average molecular weight is 336 g/mol. The standard InChI is InChI=1S/C16H17FN2O3S/c1-11(2)18-16(20)14-5-3-4-6-15(14)19-23(21,22)13-9-7-12(17)8-10-13/h3-11,19H,1-2H3,(H,18,20). The molecule has 0 fully saturated rings. The highest BCUT2D eigenvalue weighted by molar-refractivity contribution is 7.92. The molecule has 5 nitrogen and oxygen atoms in total. The molecule has 2 N–H and O–H groups in total. The zero-order chi connectivity index (χ0) is 17.0. The first-order valence-corrected chi connectivity index (χ1v) is 8.46. The highest BCUT2D eigenvalue weighted by Crippen LogP contribution is 2.20. The van der Waals surface area contributed by atoms with Gasteiger partial charge < -0.3 is 5.32 Å². The van der Waals surface area contributed by atoms with Gasteiger partial charge in [0.25, 0.3) is 15.9 Å². The van der Waals surface area contributed by atoms with Crippen molar-refractivity contribution in [1.29, 1.82) is 0 Å². The quantitative estimate of drug-likeness (QED) is 0.881. The molecule has 0 saturated carbocycles. The van der Waals surface area contributed by atoms with Gasteiger partial charge in [0, 0.05) is 6.04 Å². The largest absolute Gasteiger partial charge is 0.350 e. The first kappa shape index (κ1) is 17.0. The SMILES string of the molecule is CC(C)NC(=O)c1ccccc1NS(=O)(=O)c1ccc(F)cc1. The van der Waals surface area contributed by atoms with E-state index in [0.29, 0.717) is 0 Å². The number of amides is 1. The summed E-state index contributed by atoms with van der Waals surface area (Å²) in [6, 6.07) is 10.7. The van der Waals surface area contributed by atoms with E-state index in [9.17, 15) is 17.6 Å². The van der Waals surface area contributed by atoms with Crippen molar-refractivity contribution >= 4 is 21.6 Å². The Hall–Kier alpha value is -2.41. The Morgan fingerprint density at radius 2 is 1.65 bits per heavy atom. The minimum atomic E-state index is -3.91. The second kappa shape index (κ2) is 6.78. The predicted octanol–water partition coefficient (Wildman–Crippen LogP) is 2.76. The third kappa shape index (κ3) is 4.29. The summed E-state index contributed by atoms with van der Waals surface area (Å²) in [5.41, 5.74) is 0.377. The number of benzene rings is 2. The van der Waals surface area contributed by atoms with E-state index in [0.717, 1.165) is 24.3 Å². The topological polar surface area (TPSA) is 75.3 Å². The zero-order valence-electron chi connectivity index (χ0n) is 12.7. The van der Waals surface area contributed by atoms with Crippen molar-refractivity contribution in [3.05, 3.63) is 59.9 Å². The molecule has 2 aromatic rings. The van der Waals surface area contributed by atoms with E-state index in [1.807, 2.05) is 13.8 Å². The first-order chi connectivity index (χ1) is 10.8. The maximum Gasteiger partial charge on any atom is 0.261 e. The summed E-state index contributed by atoms with van der Waals surface area (Å²) < 4.78 is 40.0. The Balaban J connectivity index is 2.33. The van der Waals surface area contributed by atoms with Crippen LogP contribution in [0.4, 0.5) is 10.1 Å². The summed E-state index contributed by atoms with van der Waals surface area (Å²) in [6.07, 6.45) is 0. The van der Waals surface area contributed by atoms with Crippen LogP contribution in [0.2, 0.25) is 0 Å². The van der Waals surface area contributed by atoms with Crippen molar-refractivity contribution in [2.45, 2.75) is 24.8 Å². The molecule has 0 saturated heterocycles. The van der Waals surface area contributed by atoms with Gasteiger partial charge in [0.1, 0.15) is 5.82 Å². The first-order valence-electron chi connectivity index (χ1n) is 6.98. The van der Waals surface area contributed by atoms with Crippen LogP contribution in [0, 0.1) is 5.82 Å². The zero-order valence-corrected chi connectivity index (χ0v) is 13.5. The van der Waals surface area contributed by atoms with E-state index in [1.54, 1.807) is 12.1 Å². The highest BCUT2D eigenvalue weighted by Gasteiger charge is 2.18. The molecule has 0 unspecified atom stereocenters. The number of para-hydroxylation sites is 1. The van der Waals surface area contributed by atoms with Crippen molar-refractivity contribution in [3.8, 4) is 0 Å². The summed E-state index contributed by atoms with van der Waals surface area (Å²) in [5, 5.41) is 2.71. The summed E-state index contributed by atoms with van der Waals surface area (Å²) in [5.74, 6) is -0.905. The number of nitrogens with one attached hydrogen (secondary N) is 2. The molecule has 0 aliphatic heterocycles. The fourth-order valence-corrected chi connectivity index (χ4v) is 3.01. The number of hydrogen-bond acceptors (Lipinski definition) is 3. The normalized spacial score (nSPS) is 11.3. The van der Waals surface area contributed by atoms with Crippen LogP contribution < -0.4 is 10.0 Å². The number of sulfonamides is 1. The van der Waals surface area contributed by atoms with E-state index in [4.69, 9.17) is 0 Å². The van der Waals surface area contributed by atoms with Crippen molar-refractivity contribution in [1.82, 2.24) is 5.32 Å². The minimum absolute atomic E-state index is 0.0794. The molecule has 0 bridgehead atoms. The maximum atomic E-state index is 12.9. The Morgan fingerprint density at radius 3 is 2.26 bits per heavy atom. The van der Waals surface area contributed by atoms with Gasteiger partial charge in [-0.2, -0.15) is 0 Å². The van der Waals surface area contributed by atoms with Gasteiger partial charge >= 0.3 is 0 Å². The van der Waals surface area contributed by atoms with E-state index in [-0.39, 0.29) is 28.1 Å². The molecule has 0 spiro atoms. The van der Waals surface area contributed by atoms with Crippen molar-refractivity contribution in [2.24, 2.45) is 0 Å². The second-order valence-electron chi connectivity index (χ2n) is 5.23. The van der Waals surface area contributed by atoms with Crippen LogP contribution in [0.5, 0.6) is 0 Å². The summed E-state index contributed by atoms with van der Waals surface area (Å²) >= 11 is 0. The fourth-order valence-electron chi connectivity index (χ4n) is 1.93. The fraction of sp³-hybridized carbons (Fsp3) is 0.188.